The Kier molecular flexibility index (Phi) is 4.85. The second-order valence-electron chi connectivity index (χ2n) is 13.0. The van der Waals surface area contributed by atoms with E-state index in [1.54, 1.807) is 0 Å². The minimum atomic E-state index is -1.53. The summed E-state index contributed by atoms with van der Waals surface area (Å²) in [5.41, 5.74) is 10.8. The van der Waals surface area contributed by atoms with Crippen molar-refractivity contribution in [2.24, 2.45) is 0 Å². The third-order valence-corrected chi connectivity index (χ3v) is 11.6. The number of anilines is 3. The first kappa shape index (κ1) is 24.0. The van der Waals surface area contributed by atoms with E-state index in [1.165, 1.54) is 82.1 Å². The lowest BCUT2D eigenvalue weighted by Crippen LogP contribution is -2.59. The quantitative estimate of drug-likeness (QED) is 0.197. The normalized spacial score (nSPS) is 13.5. The maximum atomic E-state index is 2.53. The van der Waals surface area contributed by atoms with Crippen molar-refractivity contribution in [3.05, 3.63) is 127 Å². The summed E-state index contributed by atoms with van der Waals surface area (Å²) in [7, 11) is -1.53. The number of rotatable bonds is 2. The molecular weight excluding hydrogens is 521 g/mol. The first-order valence-corrected chi connectivity index (χ1v) is 18.5. The summed E-state index contributed by atoms with van der Waals surface area (Å²) in [5.74, 6) is 0. The van der Waals surface area contributed by atoms with Gasteiger partial charge in [-0.2, -0.15) is 0 Å². The summed E-state index contributed by atoms with van der Waals surface area (Å²) < 4.78 is 0. The number of hydrogen-bond donors (Lipinski definition) is 0. The van der Waals surface area contributed by atoms with E-state index in [0.717, 1.165) is 0 Å². The highest BCUT2D eigenvalue weighted by atomic mass is 28.3. The highest BCUT2D eigenvalue weighted by Gasteiger charge is 2.42. The van der Waals surface area contributed by atoms with Gasteiger partial charge in [0.1, 0.15) is 0 Å². The second-order valence-corrected chi connectivity index (χ2v) is 18.1. The van der Waals surface area contributed by atoms with Crippen LogP contribution in [0.4, 0.5) is 17.1 Å². The SMILES string of the molecule is C[Si](C)(C)c1cc2c3c(cccc3c1)B1c3c-2cccc3N(c2ccc3ccccc3c2)c2ccc3ccccc3c21. The Bertz CT molecular complexity index is 2260. The van der Waals surface area contributed by atoms with Crippen LogP contribution in [-0.2, 0) is 0 Å². The predicted molar refractivity (Wildman–Crippen MR) is 187 cm³/mol. The molecule has 7 aromatic rings. The molecule has 1 nitrogen and oxygen atoms in total. The summed E-state index contributed by atoms with van der Waals surface area (Å²) in [6.07, 6.45) is 0. The smallest absolute Gasteiger partial charge is 0.249 e. The third-order valence-electron chi connectivity index (χ3n) is 9.56. The molecule has 198 valence electrons. The molecule has 2 aliphatic heterocycles. The van der Waals surface area contributed by atoms with Gasteiger partial charge in [0, 0.05) is 17.1 Å². The van der Waals surface area contributed by atoms with Crippen LogP contribution >= 0.6 is 0 Å². The molecule has 0 fully saturated rings. The topological polar surface area (TPSA) is 3.24 Å². The maximum absolute atomic E-state index is 2.53. The average molecular weight is 552 g/mol. The Hall–Kier alpha value is -4.60. The van der Waals surface area contributed by atoms with Crippen molar-refractivity contribution in [1.82, 2.24) is 0 Å². The molecule has 2 heterocycles. The predicted octanol–water partition coefficient (Wildman–Crippen LogP) is 7.97. The highest BCUT2D eigenvalue weighted by molar-refractivity contribution is 7.02. The first-order valence-electron chi connectivity index (χ1n) is 15.0. The molecule has 0 radical (unpaired) electrons. The van der Waals surface area contributed by atoms with Gasteiger partial charge in [-0.1, -0.05) is 133 Å². The lowest BCUT2D eigenvalue weighted by molar-refractivity contribution is 1.30. The van der Waals surface area contributed by atoms with Crippen LogP contribution in [-0.4, -0.2) is 14.8 Å². The Morgan fingerprint density at radius 3 is 2.10 bits per heavy atom. The zero-order valence-electron chi connectivity index (χ0n) is 24.1. The molecule has 0 aliphatic carbocycles. The molecule has 0 saturated carbocycles. The van der Waals surface area contributed by atoms with Crippen LogP contribution < -0.4 is 26.5 Å². The van der Waals surface area contributed by atoms with Crippen LogP contribution in [0.1, 0.15) is 0 Å². The van der Waals surface area contributed by atoms with E-state index in [2.05, 4.69) is 152 Å². The number of nitrogens with zero attached hydrogens (tertiary/aromatic N) is 1. The van der Waals surface area contributed by atoms with Crippen molar-refractivity contribution >= 4 is 85.7 Å². The zero-order chi connectivity index (χ0) is 28.2. The summed E-state index contributed by atoms with van der Waals surface area (Å²) in [6.45, 7) is 7.55. The monoisotopic (exact) mass is 551 g/mol. The van der Waals surface area contributed by atoms with Crippen LogP contribution in [0.15, 0.2) is 127 Å². The van der Waals surface area contributed by atoms with Gasteiger partial charge in [0.25, 0.3) is 0 Å². The maximum Gasteiger partial charge on any atom is 0.249 e. The molecule has 0 aromatic heterocycles. The molecule has 42 heavy (non-hydrogen) atoms. The number of hydrogen-bond acceptors (Lipinski definition) is 1. The van der Waals surface area contributed by atoms with Gasteiger partial charge in [-0.15, -0.1) is 0 Å². The molecule has 2 aliphatic rings. The fourth-order valence-electron chi connectivity index (χ4n) is 7.59. The minimum absolute atomic E-state index is 0.169. The fraction of sp³-hybridized carbons (Fsp3) is 0.0769. The lowest BCUT2D eigenvalue weighted by Gasteiger charge is -2.41. The van der Waals surface area contributed by atoms with Gasteiger partial charge in [0.05, 0.1) is 8.07 Å². The van der Waals surface area contributed by atoms with Crippen molar-refractivity contribution in [2.75, 3.05) is 4.90 Å². The summed E-state index contributed by atoms with van der Waals surface area (Å²) >= 11 is 0. The molecule has 0 unspecified atom stereocenters. The van der Waals surface area contributed by atoms with Gasteiger partial charge in [-0.25, -0.2) is 0 Å². The molecule has 3 heteroatoms. The molecule has 0 saturated heterocycles. The van der Waals surface area contributed by atoms with Crippen molar-refractivity contribution in [3.8, 4) is 11.1 Å². The van der Waals surface area contributed by atoms with Gasteiger partial charge < -0.3 is 4.90 Å². The number of fused-ring (bicyclic) bond motifs is 7. The minimum Gasteiger partial charge on any atom is -0.311 e. The molecule has 0 atom stereocenters. The Morgan fingerprint density at radius 2 is 1.24 bits per heavy atom. The number of benzene rings is 7. The average Bonchev–Trinajstić information content (AvgIpc) is 3.01. The van der Waals surface area contributed by atoms with Crippen LogP contribution in [0.3, 0.4) is 0 Å². The first-order chi connectivity index (χ1) is 20.5. The van der Waals surface area contributed by atoms with Gasteiger partial charge in [0.15, 0.2) is 0 Å². The highest BCUT2D eigenvalue weighted by Crippen LogP contribution is 2.43. The van der Waals surface area contributed by atoms with Gasteiger partial charge in [0.2, 0.25) is 6.71 Å². The van der Waals surface area contributed by atoms with Crippen LogP contribution in [0.25, 0.3) is 43.4 Å². The standard InChI is InChI=1S/C39H30BNSi/c1-42(2,3)30-23-28-13-8-16-34-37(28)33(24-30)32-15-9-17-35-39(32)40(34)38-31-14-7-6-11-26(31)19-21-36(38)41(35)29-20-18-25-10-4-5-12-27(25)22-29/h4-24H,1-3H3. The van der Waals surface area contributed by atoms with E-state index in [9.17, 15) is 0 Å². The summed E-state index contributed by atoms with van der Waals surface area (Å²) in [4.78, 5) is 2.52. The molecular formula is C39H30BNSi. The molecule has 0 N–H and O–H groups in total. The van der Waals surface area contributed by atoms with Gasteiger partial charge in [-0.05, 0) is 78.6 Å². The Morgan fingerprint density at radius 1 is 0.524 bits per heavy atom. The van der Waals surface area contributed by atoms with Gasteiger partial charge in [-0.3, -0.25) is 0 Å². The van der Waals surface area contributed by atoms with Crippen molar-refractivity contribution in [3.63, 3.8) is 0 Å². The Balaban J connectivity index is 1.44. The molecule has 0 amide bonds. The second kappa shape index (κ2) is 8.47. The molecule has 0 spiro atoms. The van der Waals surface area contributed by atoms with E-state index in [0.29, 0.717) is 0 Å². The molecule has 7 aromatic carbocycles. The molecule has 9 rings (SSSR count). The summed E-state index contributed by atoms with van der Waals surface area (Å²) in [6, 6.07) is 48.2. The fourth-order valence-corrected chi connectivity index (χ4v) is 8.76. The zero-order valence-corrected chi connectivity index (χ0v) is 25.1. The van der Waals surface area contributed by atoms with E-state index in [4.69, 9.17) is 0 Å². The summed E-state index contributed by atoms with van der Waals surface area (Å²) in [5, 5.41) is 9.48. The van der Waals surface area contributed by atoms with Crippen LogP contribution in [0, 0.1) is 0 Å². The van der Waals surface area contributed by atoms with E-state index >= 15 is 0 Å². The molecule has 0 bridgehead atoms. The largest absolute Gasteiger partial charge is 0.311 e. The Labute approximate surface area is 248 Å². The van der Waals surface area contributed by atoms with Crippen molar-refractivity contribution < 1.29 is 0 Å². The van der Waals surface area contributed by atoms with Crippen molar-refractivity contribution in [2.45, 2.75) is 19.6 Å². The van der Waals surface area contributed by atoms with Crippen LogP contribution in [0.2, 0.25) is 19.6 Å². The van der Waals surface area contributed by atoms with Gasteiger partial charge >= 0.3 is 0 Å². The van der Waals surface area contributed by atoms with E-state index in [1.807, 2.05) is 0 Å². The van der Waals surface area contributed by atoms with E-state index in [-0.39, 0.29) is 6.71 Å². The van der Waals surface area contributed by atoms with Crippen molar-refractivity contribution in [1.29, 1.82) is 0 Å². The van der Waals surface area contributed by atoms with Crippen LogP contribution in [0.5, 0.6) is 0 Å². The third kappa shape index (κ3) is 3.26. The van der Waals surface area contributed by atoms with E-state index < -0.39 is 8.07 Å². The lowest BCUT2D eigenvalue weighted by atomic mass is 9.31.